The fraction of sp³-hybridized carbons (Fsp3) is 0.333. The van der Waals surface area contributed by atoms with Crippen molar-refractivity contribution < 1.29 is 5.11 Å². The maximum absolute atomic E-state index is 9.44. The largest absolute Gasteiger partial charge is 0.384 e. The van der Waals surface area contributed by atoms with E-state index in [-0.39, 0.29) is 0 Å². The molecule has 1 unspecified atom stereocenters. The fourth-order valence-corrected chi connectivity index (χ4v) is 1.32. The van der Waals surface area contributed by atoms with Crippen molar-refractivity contribution >= 4 is 11.6 Å². The van der Waals surface area contributed by atoms with Crippen LogP contribution in [0.4, 0.5) is 0 Å². The molecule has 0 heterocycles. The molecule has 1 aromatic rings. The van der Waals surface area contributed by atoms with E-state index in [1.165, 1.54) is 6.08 Å². The molecule has 1 N–H and O–H groups in total. The third-order valence-electron chi connectivity index (χ3n) is 1.77. The minimum atomic E-state index is -0.595. The summed E-state index contributed by atoms with van der Waals surface area (Å²) in [5, 5.41) is 10.1. The summed E-state index contributed by atoms with van der Waals surface area (Å²) >= 11 is 5.76. The summed E-state index contributed by atoms with van der Waals surface area (Å²) in [5.74, 6) is 0. The van der Waals surface area contributed by atoms with Crippen molar-refractivity contribution in [2.75, 3.05) is 0 Å². The van der Waals surface area contributed by atoms with Gasteiger partial charge in [-0.15, -0.1) is 6.58 Å². The zero-order valence-corrected chi connectivity index (χ0v) is 9.67. The minimum absolute atomic E-state index is 0.595. The highest BCUT2D eigenvalue weighted by Gasteiger charge is 2.05. The molecule has 14 heavy (non-hydrogen) atoms. The Balaban J connectivity index is 0.000000791. The van der Waals surface area contributed by atoms with Gasteiger partial charge in [0.15, 0.2) is 0 Å². The smallest absolute Gasteiger partial charge is 0.0971 e. The summed E-state index contributed by atoms with van der Waals surface area (Å²) in [6.07, 6.45) is 0.901. The number of aliphatic hydroxyl groups is 1. The van der Waals surface area contributed by atoms with Crippen LogP contribution in [0.15, 0.2) is 30.9 Å². The molecule has 0 radical (unpaired) electrons. The summed E-state index contributed by atoms with van der Waals surface area (Å²) in [5.41, 5.74) is 1.84. The van der Waals surface area contributed by atoms with Crippen molar-refractivity contribution in [2.24, 2.45) is 0 Å². The third-order valence-corrected chi connectivity index (χ3v) is 2.01. The second-order valence-electron chi connectivity index (χ2n) is 2.68. The Kier molecular flexibility index (Phi) is 6.26. The Labute approximate surface area is 91.0 Å². The van der Waals surface area contributed by atoms with Gasteiger partial charge in [0.25, 0.3) is 0 Å². The molecule has 0 aliphatic carbocycles. The van der Waals surface area contributed by atoms with E-state index in [0.717, 1.165) is 11.1 Å². The van der Waals surface area contributed by atoms with Crippen LogP contribution in [0.2, 0.25) is 5.02 Å². The van der Waals surface area contributed by atoms with Gasteiger partial charge in [0, 0.05) is 5.02 Å². The highest BCUT2D eigenvalue weighted by molar-refractivity contribution is 6.30. The molecular formula is C12H17ClO. The number of hydrogen-bond donors (Lipinski definition) is 1. The van der Waals surface area contributed by atoms with Gasteiger partial charge in [-0.1, -0.05) is 37.6 Å². The standard InChI is InChI=1S/C10H11ClO.C2H6/c1-3-10(12)9-5-4-8(11)6-7(9)2;1-2/h3-6,10,12H,1H2,2H3;1-2H3. The average molecular weight is 213 g/mol. The van der Waals surface area contributed by atoms with Gasteiger partial charge in [0.1, 0.15) is 0 Å². The van der Waals surface area contributed by atoms with E-state index < -0.39 is 6.10 Å². The molecule has 0 spiro atoms. The molecule has 0 aliphatic heterocycles. The lowest BCUT2D eigenvalue weighted by atomic mass is 10.0. The topological polar surface area (TPSA) is 20.2 Å². The van der Waals surface area contributed by atoms with E-state index in [9.17, 15) is 5.11 Å². The molecule has 78 valence electrons. The summed E-state index contributed by atoms with van der Waals surface area (Å²) in [6, 6.07) is 5.39. The van der Waals surface area contributed by atoms with Crippen LogP contribution >= 0.6 is 11.6 Å². The summed E-state index contributed by atoms with van der Waals surface area (Å²) < 4.78 is 0. The molecule has 0 amide bonds. The molecule has 0 aromatic heterocycles. The maximum Gasteiger partial charge on any atom is 0.0971 e. The van der Waals surface area contributed by atoms with Gasteiger partial charge < -0.3 is 5.11 Å². The number of rotatable bonds is 2. The van der Waals surface area contributed by atoms with Crippen molar-refractivity contribution in [3.8, 4) is 0 Å². The Morgan fingerprint density at radius 1 is 1.43 bits per heavy atom. The quantitative estimate of drug-likeness (QED) is 0.738. The molecule has 1 rings (SSSR count). The number of aryl methyl sites for hydroxylation is 1. The number of hydrogen-bond acceptors (Lipinski definition) is 1. The number of halogens is 1. The SMILES string of the molecule is C=CC(O)c1ccc(Cl)cc1C.CC. The Morgan fingerprint density at radius 3 is 2.43 bits per heavy atom. The Morgan fingerprint density at radius 2 is 2.00 bits per heavy atom. The maximum atomic E-state index is 9.44. The van der Waals surface area contributed by atoms with Gasteiger partial charge in [0.05, 0.1) is 6.10 Å². The van der Waals surface area contributed by atoms with Crippen molar-refractivity contribution in [1.29, 1.82) is 0 Å². The molecule has 1 aromatic carbocycles. The summed E-state index contributed by atoms with van der Waals surface area (Å²) in [7, 11) is 0. The molecule has 1 atom stereocenters. The van der Waals surface area contributed by atoms with Crippen LogP contribution in [0.25, 0.3) is 0 Å². The molecule has 0 aliphatic rings. The van der Waals surface area contributed by atoms with Crippen molar-refractivity contribution in [1.82, 2.24) is 0 Å². The van der Waals surface area contributed by atoms with E-state index in [2.05, 4.69) is 6.58 Å². The first-order valence-corrected chi connectivity index (χ1v) is 5.09. The predicted octanol–water partition coefficient (Wildman–Crippen LogP) is 3.89. The highest BCUT2D eigenvalue weighted by atomic mass is 35.5. The van der Waals surface area contributed by atoms with Gasteiger partial charge in [-0.25, -0.2) is 0 Å². The molecule has 0 fully saturated rings. The van der Waals surface area contributed by atoms with E-state index >= 15 is 0 Å². The van der Waals surface area contributed by atoms with Crippen LogP contribution in [0.5, 0.6) is 0 Å². The van der Waals surface area contributed by atoms with Gasteiger partial charge in [-0.05, 0) is 30.2 Å². The Bertz CT molecular complexity index is 294. The first kappa shape index (κ1) is 13.2. The summed E-state index contributed by atoms with van der Waals surface area (Å²) in [6.45, 7) is 9.43. The highest BCUT2D eigenvalue weighted by Crippen LogP contribution is 2.21. The van der Waals surface area contributed by atoms with Crippen LogP contribution in [0.1, 0.15) is 31.1 Å². The Hall–Kier alpha value is -0.790. The summed E-state index contributed by atoms with van der Waals surface area (Å²) in [4.78, 5) is 0. The second-order valence-corrected chi connectivity index (χ2v) is 3.12. The molecule has 0 saturated carbocycles. The number of benzene rings is 1. The molecule has 0 saturated heterocycles. The fourth-order valence-electron chi connectivity index (χ4n) is 1.10. The lowest BCUT2D eigenvalue weighted by molar-refractivity contribution is 0.228. The lowest BCUT2D eigenvalue weighted by Crippen LogP contribution is -1.95. The first-order valence-electron chi connectivity index (χ1n) is 4.72. The minimum Gasteiger partial charge on any atom is -0.384 e. The van der Waals surface area contributed by atoms with Crippen LogP contribution in [0, 0.1) is 6.92 Å². The van der Waals surface area contributed by atoms with E-state index in [0.29, 0.717) is 5.02 Å². The normalized spacial score (nSPS) is 11.2. The first-order chi connectivity index (χ1) is 6.65. The second kappa shape index (κ2) is 6.63. The van der Waals surface area contributed by atoms with Crippen LogP contribution < -0.4 is 0 Å². The van der Waals surface area contributed by atoms with Crippen LogP contribution in [-0.2, 0) is 0 Å². The van der Waals surface area contributed by atoms with Gasteiger partial charge >= 0.3 is 0 Å². The zero-order valence-electron chi connectivity index (χ0n) is 8.92. The van der Waals surface area contributed by atoms with Gasteiger partial charge in [0.2, 0.25) is 0 Å². The van der Waals surface area contributed by atoms with E-state index in [4.69, 9.17) is 11.6 Å². The van der Waals surface area contributed by atoms with Crippen LogP contribution in [-0.4, -0.2) is 5.11 Å². The molecule has 1 nitrogen and oxygen atoms in total. The van der Waals surface area contributed by atoms with Crippen molar-refractivity contribution in [3.05, 3.63) is 47.0 Å². The predicted molar refractivity (Wildman–Crippen MR) is 62.7 cm³/mol. The molecular weight excluding hydrogens is 196 g/mol. The van der Waals surface area contributed by atoms with Crippen molar-refractivity contribution in [2.45, 2.75) is 26.9 Å². The van der Waals surface area contributed by atoms with Gasteiger partial charge in [-0.2, -0.15) is 0 Å². The molecule has 0 bridgehead atoms. The lowest BCUT2D eigenvalue weighted by Gasteiger charge is -2.08. The third kappa shape index (κ3) is 3.52. The van der Waals surface area contributed by atoms with Crippen molar-refractivity contribution in [3.63, 3.8) is 0 Å². The monoisotopic (exact) mass is 212 g/mol. The van der Waals surface area contributed by atoms with E-state index in [1.54, 1.807) is 6.07 Å². The zero-order chi connectivity index (χ0) is 11.1. The van der Waals surface area contributed by atoms with E-state index in [1.807, 2.05) is 32.9 Å². The average Bonchev–Trinajstić information content (AvgIpc) is 2.20. The van der Waals surface area contributed by atoms with Crippen LogP contribution in [0.3, 0.4) is 0 Å². The number of aliphatic hydroxyl groups excluding tert-OH is 1. The molecule has 2 heteroatoms. The van der Waals surface area contributed by atoms with Gasteiger partial charge in [-0.3, -0.25) is 0 Å².